The van der Waals surface area contributed by atoms with E-state index in [-0.39, 0.29) is 5.91 Å². The maximum atomic E-state index is 12.6. The van der Waals surface area contributed by atoms with Crippen molar-refractivity contribution in [1.29, 1.82) is 0 Å². The summed E-state index contributed by atoms with van der Waals surface area (Å²) in [5.74, 6) is 0.850. The largest absolute Gasteiger partial charge is 0.489 e. The molecule has 1 aliphatic rings. The van der Waals surface area contributed by atoms with E-state index in [2.05, 4.69) is 32.7 Å². The first-order valence-corrected chi connectivity index (χ1v) is 9.27. The highest BCUT2D eigenvalue weighted by atomic mass is 79.9. The van der Waals surface area contributed by atoms with Crippen LogP contribution in [-0.4, -0.2) is 37.0 Å². The quantitative estimate of drug-likeness (QED) is 0.863. The van der Waals surface area contributed by atoms with Crippen LogP contribution in [0.1, 0.15) is 21.5 Å². The number of ether oxygens (including phenoxy) is 1. The molecule has 1 aliphatic heterocycles. The number of hydrogen-bond acceptors (Lipinski definition) is 4. The fourth-order valence-corrected chi connectivity index (χ4v) is 3.72. The Labute approximate surface area is 148 Å². The van der Waals surface area contributed by atoms with E-state index in [1.807, 2.05) is 30.0 Å². The summed E-state index contributed by atoms with van der Waals surface area (Å²) in [6.45, 7) is 5.73. The van der Waals surface area contributed by atoms with Gasteiger partial charge in [-0.1, -0.05) is 6.07 Å². The number of aryl methyl sites for hydroxylation is 1. The van der Waals surface area contributed by atoms with Gasteiger partial charge in [0.1, 0.15) is 12.4 Å². The SMILES string of the molecule is Cc1ccc(C(=O)N2CCNCC2)cc1OCc1csc(Br)c1. The molecule has 1 saturated heterocycles. The molecule has 2 aromatic rings. The van der Waals surface area contributed by atoms with Gasteiger partial charge < -0.3 is 15.0 Å². The molecule has 6 heteroatoms. The highest BCUT2D eigenvalue weighted by Crippen LogP contribution is 2.25. The zero-order valence-electron chi connectivity index (χ0n) is 13.0. The molecule has 0 aliphatic carbocycles. The predicted octanol–water partition coefficient (Wildman–Crippen LogP) is 3.44. The summed E-state index contributed by atoms with van der Waals surface area (Å²) in [4.78, 5) is 14.5. The Kier molecular flexibility index (Phi) is 5.35. The molecule has 3 rings (SSSR count). The lowest BCUT2D eigenvalue weighted by atomic mass is 10.1. The van der Waals surface area contributed by atoms with Crippen LogP contribution in [0.4, 0.5) is 0 Å². The van der Waals surface area contributed by atoms with Gasteiger partial charge in [0.2, 0.25) is 0 Å². The van der Waals surface area contributed by atoms with Gasteiger partial charge in [-0.3, -0.25) is 4.79 Å². The van der Waals surface area contributed by atoms with Crippen molar-refractivity contribution in [3.05, 3.63) is 50.1 Å². The van der Waals surface area contributed by atoms with Crippen molar-refractivity contribution in [3.8, 4) is 5.75 Å². The second-order valence-corrected chi connectivity index (χ2v) is 7.86. The van der Waals surface area contributed by atoms with Crippen molar-refractivity contribution in [2.24, 2.45) is 0 Å². The number of nitrogens with one attached hydrogen (secondary N) is 1. The lowest BCUT2D eigenvalue weighted by molar-refractivity contribution is 0.0735. The molecule has 1 aromatic carbocycles. The van der Waals surface area contributed by atoms with Gasteiger partial charge in [0.15, 0.2) is 0 Å². The summed E-state index contributed by atoms with van der Waals surface area (Å²) in [5, 5.41) is 5.33. The Balaban J connectivity index is 1.71. The summed E-state index contributed by atoms with van der Waals surface area (Å²) >= 11 is 5.10. The lowest BCUT2D eigenvalue weighted by Gasteiger charge is -2.27. The van der Waals surface area contributed by atoms with Gasteiger partial charge in [-0.15, -0.1) is 11.3 Å². The average Bonchev–Trinajstić information content (AvgIpc) is 3.00. The summed E-state index contributed by atoms with van der Waals surface area (Å²) < 4.78 is 7.01. The Morgan fingerprint density at radius 1 is 1.35 bits per heavy atom. The van der Waals surface area contributed by atoms with Gasteiger partial charge in [0, 0.05) is 37.3 Å². The first-order chi connectivity index (χ1) is 11.1. The number of nitrogens with zero attached hydrogens (tertiary/aromatic N) is 1. The molecule has 0 saturated carbocycles. The minimum atomic E-state index is 0.0784. The highest BCUT2D eigenvalue weighted by Gasteiger charge is 2.18. The molecule has 0 radical (unpaired) electrons. The molecule has 1 fully saturated rings. The van der Waals surface area contributed by atoms with Gasteiger partial charge in [0.25, 0.3) is 5.91 Å². The van der Waals surface area contributed by atoms with Crippen LogP contribution in [0.2, 0.25) is 0 Å². The minimum Gasteiger partial charge on any atom is -0.489 e. The molecule has 0 unspecified atom stereocenters. The summed E-state index contributed by atoms with van der Waals surface area (Å²) in [6, 6.07) is 7.75. The number of thiophene rings is 1. The summed E-state index contributed by atoms with van der Waals surface area (Å²) in [7, 11) is 0. The maximum absolute atomic E-state index is 12.6. The number of benzene rings is 1. The first-order valence-electron chi connectivity index (χ1n) is 7.60. The Morgan fingerprint density at radius 2 is 2.13 bits per heavy atom. The number of carbonyl (C=O) groups is 1. The molecule has 0 spiro atoms. The van der Waals surface area contributed by atoms with E-state index in [0.29, 0.717) is 12.2 Å². The van der Waals surface area contributed by atoms with Crippen LogP contribution in [0.5, 0.6) is 5.75 Å². The number of hydrogen-bond donors (Lipinski definition) is 1. The molecule has 0 atom stereocenters. The second kappa shape index (κ2) is 7.47. The maximum Gasteiger partial charge on any atom is 0.254 e. The van der Waals surface area contributed by atoms with Crippen molar-refractivity contribution >= 4 is 33.2 Å². The van der Waals surface area contributed by atoms with E-state index in [0.717, 1.165) is 46.8 Å². The Bertz CT molecular complexity index is 696. The third-order valence-corrected chi connectivity index (χ3v) is 5.41. The third-order valence-electron chi connectivity index (χ3n) is 3.86. The molecule has 122 valence electrons. The monoisotopic (exact) mass is 394 g/mol. The van der Waals surface area contributed by atoms with E-state index < -0.39 is 0 Å². The summed E-state index contributed by atoms with van der Waals surface area (Å²) in [6.07, 6.45) is 0. The smallest absolute Gasteiger partial charge is 0.254 e. The zero-order valence-corrected chi connectivity index (χ0v) is 15.4. The molecule has 1 aromatic heterocycles. The second-order valence-electron chi connectivity index (χ2n) is 5.57. The van der Waals surface area contributed by atoms with Crippen LogP contribution in [0, 0.1) is 6.92 Å². The molecule has 2 heterocycles. The number of rotatable bonds is 4. The molecule has 4 nitrogen and oxygen atoms in total. The minimum absolute atomic E-state index is 0.0784. The van der Waals surface area contributed by atoms with Crippen molar-refractivity contribution in [3.63, 3.8) is 0 Å². The molecular formula is C17H19BrN2O2S. The Morgan fingerprint density at radius 3 is 2.83 bits per heavy atom. The van der Waals surface area contributed by atoms with Crippen LogP contribution in [0.25, 0.3) is 0 Å². The highest BCUT2D eigenvalue weighted by molar-refractivity contribution is 9.11. The van der Waals surface area contributed by atoms with E-state index in [4.69, 9.17) is 4.74 Å². The van der Waals surface area contributed by atoms with Crippen LogP contribution in [0.3, 0.4) is 0 Å². The van der Waals surface area contributed by atoms with Crippen LogP contribution in [0.15, 0.2) is 33.4 Å². The third kappa shape index (κ3) is 4.13. The Hall–Kier alpha value is -1.37. The van der Waals surface area contributed by atoms with Crippen LogP contribution >= 0.6 is 27.3 Å². The average molecular weight is 395 g/mol. The molecule has 1 amide bonds. The zero-order chi connectivity index (χ0) is 16.2. The van der Waals surface area contributed by atoms with Crippen LogP contribution in [-0.2, 0) is 6.61 Å². The van der Waals surface area contributed by atoms with E-state index in [1.165, 1.54) is 0 Å². The first kappa shape index (κ1) is 16.5. The van der Waals surface area contributed by atoms with Crippen molar-refractivity contribution in [2.45, 2.75) is 13.5 Å². The summed E-state index contributed by atoms with van der Waals surface area (Å²) in [5.41, 5.74) is 2.86. The van der Waals surface area contributed by atoms with Gasteiger partial charge in [-0.2, -0.15) is 0 Å². The lowest BCUT2D eigenvalue weighted by Crippen LogP contribution is -2.46. The number of amides is 1. The fourth-order valence-electron chi connectivity index (χ4n) is 2.52. The molecule has 1 N–H and O–H groups in total. The van der Waals surface area contributed by atoms with Crippen molar-refractivity contribution < 1.29 is 9.53 Å². The van der Waals surface area contributed by atoms with Crippen molar-refractivity contribution in [1.82, 2.24) is 10.2 Å². The topological polar surface area (TPSA) is 41.6 Å². The van der Waals surface area contributed by atoms with E-state index in [1.54, 1.807) is 11.3 Å². The van der Waals surface area contributed by atoms with Crippen molar-refractivity contribution in [2.75, 3.05) is 26.2 Å². The number of carbonyl (C=O) groups excluding carboxylic acids is 1. The van der Waals surface area contributed by atoms with Gasteiger partial charge in [-0.25, -0.2) is 0 Å². The number of halogens is 1. The normalized spacial score (nSPS) is 14.8. The van der Waals surface area contributed by atoms with E-state index >= 15 is 0 Å². The van der Waals surface area contributed by atoms with Gasteiger partial charge in [0.05, 0.1) is 3.79 Å². The predicted molar refractivity (Wildman–Crippen MR) is 96.3 cm³/mol. The number of piperazine rings is 1. The van der Waals surface area contributed by atoms with Gasteiger partial charge in [-0.05, 0) is 52.0 Å². The van der Waals surface area contributed by atoms with Crippen LogP contribution < -0.4 is 10.1 Å². The molecule has 23 heavy (non-hydrogen) atoms. The van der Waals surface area contributed by atoms with E-state index in [9.17, 15) is 4.79 Å². The standard InChI is InChI=1S/C17H19BrN2O2S/c1-12-2-3-14(17(21)20-6-4-19-5-7-20)9-15(12)22-10-13-8-16(18)23-11-13/h2-3,8-9,11,19H,4-7,10H2,1H3. The molecule has 0 bridgehead atoms. The fraction of sp³-hybridized carbons (Fsp3) is 0.353. The van der Waals surface area contributed by atoms with Gasteiger partial charge >= 0.3 is 0 Å². The molecular weight excluding hydrogens is 376 g/mol.